The summed E-state index contributed by atoms with van der Waals surface area (Å²) in [5.41, 5.74) is 5.52. The van der Waals surface area contributed by atoms with Crippen LogP contribution in [0.15, 0.2) is 54.9 Å². The van der Waals surface area contributed by atoms with Crippen LogP contribution in [0.1, 0.15) is 78.7 Å². The average Bonchev–Trinajstić information content (AvgIpc) is 3.96. The van der Waals surface area contributed by atoms with Crippen molar-refractivity contribution in [3.05, 3.63) is 71.5 Å². The fraction of sp³-hybridized carbons (Fsp3) is 0.366. The van der Waals surface area contributed by atoms with Gasteiger partial charge in [0.25, 0.3) is 11.8 Å². The molecule has 0 radical (unpaired) electrons. The van der Waals surface area contributed by atoms with Crippen LogP contribution in [0.25, 0.3) is 27.5 Å². The van der Waals surface area contributed by atoms with E-state index in [1.807, 2.05) is 23.1 Å². The number of nitriles is 1. The van der Waals surface area contributed by atoms with Crippen molar-refractivity contribution in [2.45, 2.75) is 64.5 Å². The Hall–Kier alpha value is -6.74. The first-order chi connectivity index (χ1) is 28.6. The van der Waals surface area contributed by atoms with Gasteiger partial charge in [0.05, 0.1) is 45.4 Å². The van der Waals surface area contributed by atoms with Gasteiger partial charge in [0.1, 0.15) is 12.1 Å². The zero-order valence-corrected chi connectivity index (χ0v) is 33.4. The Bertz CT molecular complexity index is 2520. The molecule has 7 heterocycles. The molecule has 17 nitrogen and oxygen atoms in total. The number of aromatic nitrogens is 5. The maximum Gasteiger partial charge on any atom is 0.264 e. The fourth-order valence-corrected chi connectivity index (χ4v) is 8.59. The monoisotopic (exact) mass is 814 g/mol. The number of amides is 5. The highest BCUT2D eigenvalue weighted by Crippen LogP contribution is 2.36. The number of hydrogen-bond acceptors (Lipinski definition) is 14. The smallest absolute Gasteiger partial charge is 0.264 e. The van der Waals surface area contributed by atoms with E-state index in [-0.39, 0.29) is 35.9 Å². The van der Waals surface area contributed by atoms with Crippen LogP contribution in [0.4, 0.5) is 16.5 Å². The fourth-order valence-electron chi connectivity index (χ4n) is 7.67. The Balaban J connectivity index is 0.809. The van der Waals surface area contributed by atoms with E-state index >= 15 is 0 Å². The lowest BCUT2D eigenvalue weighted by atomic mass is 10.0. The topological polar surface area (TPSA) is 211 Å². The maximum absolute atomic E-state index is 13.3. The minimum Gasteiger partial charge on any atom is -0.384 e. The standard InChI is InChI=1S/C41H42N12O5S/c1-24(2)46-30-20-31(32-11-10-26-19-25(21-42)22-45-53(26)32)44-23-28(30)38-48-49-41(59-38)51-17-15-50(16-18-51)35(55)9-4-3-5-14-43-29-8-6-7-27-36(29)40(58)52(39(27)57)33-12-13-34(54)47-37(33)56/h6-8,10-11,19-20,22-24,33,43H,3-5,9,12-18H2,1-2H3,(H,44,46)(H,47,54,56). The van der Waals surface area contributed by atoms with Crippen molar-refractivity contribution < 1.29 is 24.0 Å². The van der Waals surface area contributed by atoms with Crippen LogP contribution in [0.3, 0.4) is 0 Å². The first-order valence-electron chi connectivity index (χ1n) is 19.7. The molecule has 0 bridgehead atoms. The van der Waals surface area contributed by atoms with E-state index in [4.69, 9.17) is 4.98 Å². The summed E-state index contributed by atoms with van der Waals surface area (Å²) in [7, 11) is 0. The molecule has 3 aliphatic rings. The summed E-state index contributed by atoms with van der Waals surface area (Å²) < 4.78 is 1.77. The second-order valence-corrected chi connectivity index (χ2v) is 16.0. The molecule has 8 rings (SSSR count). The highest BCUT2D eigenvalue weighted by atomic mass is 32.1. The molecule has 5 aromatic rings. The molecule has 18 heteroatoms. The number of nitrogens with zero attached hydrogens (tertiary/aromatic N) is 9. The second kappa shape index (κ2) is 16.6. The molecule has 4 aromatic heterocycles. The van der Waals surface area contributed by atoms with Crippen molar-refractivity contribution in [3.8, 4) is 28.0 Å². The third-order valence-electron chi connectivity index (χ3n) is 10.6. The Morgan fingerprint density at radius 2 is 1.80 bits per heavy atom. The van der Waals surface area contributed by atoms with Gasteiger partial charge < -0.3 is 20.4 Å². The minimum atomic E-state index is -1.02. The molecule has 1 atom stereocenters. The number of rotatable bonds is 13. The zero-order valence-electron chi connectivity index (χ0n) is 32.6. The van der Waals surface area contributed by atoms with E-state index in [2.05, 4.69) is 56.1 Å². The molecule has 302 valence electrons. The number of piperazine rings is 1. The highest BCUT2D eigenvalue weighted by Gasteiger charge is 2.45. The molecule has 5 amide bonds. The summed E-state index contributed by atoms with van der Waals surface area (Å²) in [5.74, 6) is -2.03. The van der Waals surface area contributed by atoms with Gasteiger partial charge >= 0.3 is 0 Å². The number of unbranched alkanes of at least 4 members (excludes halogenated alkanes) is 2. The van der Waals surface area contributed by atoms with Crippen LogP contribution in [0, 0.1) is 11.3 Å². The lowest BCUT2D eigenvalue weighted by molar-refractivity contribution is -0.136. The number of imide groups is 2. The van der Waals surface area contributed by atoms with Gasteiger partial charge in [-0.15, -0.1) is 10.2 Å². The third kappa shape index (κ3) is 7.93. The van der Waals surface area contributed by atoms with Crippen LogP contribution in [-0.2, 0) is 14.4 Å². The van der Waals surface area contributed by atoms with Crippen LogP contribution in [0.5, 0.6) is 0 Å². The van der Waals surface area contributed by atoms with Crippen LogP contribution in [-0.4, -0.2) is 109 Å². The largest absolute Gasteiger partial charge is 0.384 e. The minimum absolute atomic E-state index is 0.0626. The predicted octanol–water partition coefficient (Wildman–Crippen LogP) is 4.33. The summed E-state index contributed by atoms with van der Waals surface area (Å²) in [6.07, 6.45) is 6.20. The number of nitrogens with one attached hydrogen (secondary N) is 3. The number of carbonyl (C=O) groups excluding carboxylic acids is 5. The van der Waals surface area contributed by atoms with E-state index in [0.717, 1.165) is 56.0 Å². The van der Waals surface area contributed by atoms with Gasteiger partial charge in [0.15, 0.2) is 5.01 Å². The molecule has 2 fully saturated rings. The van der Waals surface area contributed by atoms with Crippen LogP contribution < -0.4 is 20.9 Å². The lowest BCUT2D eigenvalue weighted by Crippen LogP contribution is -2.54. The molecular weight excluding hydrogens is 773 g/mol. The molecule has 59 heavy (non-hydrogen) atoms. The normalized spacial score (nSPS) is 16.8. The predicted molar refractivity (Wildman–Crippen MR) is 220 cm³/mol. The number of pyridine rings is 1. The van der Waals surface area contributed by atoms with Gasteiger partial charge in [-0.1, -0.05) is 23.8 Å². The van der Waals surface area contributed by atoms with Gasteiger partial charge in [-0.05, 0) is 69.5 Å². The van der Waals surface area contributed by atoms with Crippen molar-refractivity contribution in [1.82, 2.24) is 39.9 Å². The molecule has 1 aromatic carbocycles. The molecule has 0 spiro atoms. The zero-order chi connectivity index (χ0) is 41.2. The van der Waals surface area contributed by atoms with Crippen molar-refractivity contribution >= 4 is 62.9 Å². The van der Waals surface area contributed by atoms with Gasteiger partial charge in [0, 0.05) is 69.2 Å². The van der Waals surface area contributed by atoms with Gasteiger partial charge in [-0.3, -0.25) is 39.2 Å². The quantitative estimate of drug-likeness (QED) is 0.112. The molecule has 3 aliphatic heterocycles. The number of carbonyl (C=O) groups is 5. The Morgan fingerprint density at radius 1 is 0.966 bits per heavy atom. The molecule has 0 saturated carbocycles. The summed E-state index contributed by atoms with van der Waals surface area (Å²) in [6, 6.07) is 13.9. The van der Waals surface area contributed by atoms with E-state index in [1.165, 1.54) is 17.5 Å². The lowest BCUT2D eigenvalue weighted by Gasteiger charge is -2.34. The first kappa shape index (κ1) is 39.1. The number of benzene rings is 1. The Kier molecular flexibility index (Phi) is 11.0. The second-order valence-electron chi connectivity index (χ2n) is 15.0. The van der Waals surface area contributed by atoms with Crippen LogP contribution in [0.2, 0.25) is 0 Å². The molecular formula is C41H42N12O5S. The number of hydrogen-bond donors (Lipinski definition) is 3. The summed E-state index contributed by atoms with van der Waals surface area (Å²) >= 11 is 1.49. The maximum atomic E-state index is 13.3. The summed E-state index contributed by atoms with van der Waals surface area (Å²) in [5, 5.41) is 33.3. The Morgan fingerprint density at radius 3 is 2.58 bits per heavy atom. The number of piperidine rings is 1. The summed E-state index contributed by atoms with van der Waals surface area (Å²) in [6.45, 7) is 7.13. The third-order valence-corrected chi connectivity index (χ3v) is 11.7. The molecule has 2 saturated heterocycles. The molecule has 0 aliphatic carbocycles. The van der Waals surface area contributed by atoms with E-state index < -0.39 is 29.7 Å². The number of fused-ring (bicyclic) bond motifs is 2. The van der Waals surface area contributed by atoms with Crippen molar-refractivity contribution in [3.63, 3.8) is 0 Å². The number of anilines is 3. The van der Waals surface area contributed by atoms with E-state index in [9.17, 15) is 29.2 Å². The van der Waals surface area contributed by atoms with Gasteiger partial charge in [-0.2, -0.15) is 10.4 Å². The van der Waals surface area contributed by atoms with Crippen molar-refractivity contribution in [2.24, 2.45) is 0 Å². The molecule has 1 unspecified atom stereocenters. The van der Waals surface area contributed by atoms with Gasteiger partial charge in [-0.25, -0.2) is 4.52 Å². The average molecular weight is 815 g/mol. The van der Waals surface area contributed by atoms with Crippen LogP contribution >= 0.6 is 11.3 Å². The highest BCUT2D eigenvalue weighted by molar-refractivity contribution is 7.18. The van der Waals surface area contributed by atoms with Gasteiger partial charge in [0.2, 0.25) is 22.9 Å². The Labute approximate surface area is 343 Å². The SMILES string of the molecule is CC(C)Nc1cc(-c2ccc3cc(C#N)cnn23)ncc1-c1nnc(N2CCN(C(=O)CCCCCNc3cccc4c3C(=O)N(C3CCC(=O)NC3=O)C4=O)CC2)s1. The summed E-state index contributed by atoms with van der Waals surface area (Å²) in [4.78, 5) is 73.4. The molecule has 3 N–H and O–H groups in total. The van der Waals surface area contributed by atoms with Crippen molar-refractivity contribution in [2.75, 3.05) is 48.3 Å². The van der Waals surface area contributed by atoms with E-state index in [1.54, 1.807) is 35.0 Å². The van der Waals surface area contributed by atoms with Crippen molar-refractivity contribution in [1.29, 1.82) is 5.26 Å². The van der Waals surface area contributed by atoms with E-state index in [0.29, 0.717) is 56.8 Å². The first-order valence-corrected chi connectivity index (χ1v) is 20.5.